The number of nitrogens with one attached hydrogen (secondary N) is 1. The number of aliphatic hydroxyl groups excluding tert-OH is 2. The first-order chi connectivity index (χ1) is 9.15. The molecular formula is C12H16N4O3. The Bertz CT molecular complexity index is 569. The predicted molar refractivity (Wildman–Crippen MR) is 67.6 cm³/mol. The minimum atomic E-state index is -1.02. The largest absolute Gasteiger partial charge is 0.394 e. The molecule has 7 nitrogen and oxygen atoms in total. The molecule has 0 spiro atoms. The Kier molecular flexibility index (Phi) is 3.77. The Hall–Kier alpha value is -1.99. The number of carbonyl (C=O) groups is 1. The molecule has 0 aliphatic carbocycles. The first-order valence-electron chi connectivity index (χ1n) is 5.97. The third-order valence-corrected chi connectivity index (χ3v) is 3.23. The van der Waals surface area contributed by atoms with Gasteiger partial charge in [0.2, 0.25) is 0 Å². The number of hydrogen-bond acceptors (Lipinski definition) is 5. The van der Waals surface area contributed by atoms with E-state index in [1.54, 1.807) is 19.3 Å². The van der Waals surface area contributed by atoms with Crippen LogP contribution in [0.25, 0.3) is 5.52 Å². The molecule has 2 rings (SSSR count). The lowest BCUT2D eigenvalue weighted by atomic mass is 9.98. The fourth-order valence-corrected chi connectivity index (χ4v) is 1.76. The molecule has 102 valence electrons. The lowest BCUT2D eigenvalue weighted by Crippen LogP contribution is -2.53. The van der Waals surface area contributed by atoms with Crippen LogP contribution in [0.1, 0.15) is 23.7 Å². The summed E-state index contributed by atoms with van der Waals surface area (Å²) in [6.07, 6.45) is 6.59. The van der Waals surface area contributed by atoms with E-state index in [4.69, 9.17) is 0 Å². The molecule has 0 radical (unpaired) electrons. The van der Waals surface area contributed by atoms with Crippen molar-refractivity contribution in [1.82, 2.24) is 19.9 Å². The fourth-order valence-electron chi connectivity index (χ4n) is 1.76. The average Bonchev–Trinajstić information content (AvgIpc) is 2.89. The van der Waals surface area contributed by atoms with Crippen LogP contribution < -0.4 is 5.32 Å². The summed E-state index contributed by atoms with van der Waals surface area (Å²) in [5.74, 6) is -0.395. The number of aromatic nitrogens is 3. The summed E-state index contributed by atoms with van der Waals surface area (Å²) in [6, 6.07) is 0. The van der Waals surface area contributed by atoms with Crippen molar-refractivity contribution in [3.05, 3.63) is 30.4 Å². The van der Waals surface area contributed by atoms with Crippen molar-refractivity contribution in [2.24, 2.45) is 0 Å². The van der Waals surface area contributed by atoms with E-state index < -0.39 is 11.4 Å². The minimum Gasteiger partial charge on any atom is -0.394 e. The molecule has 0 bridgehead atoms. The van der Waals surface area contributed by atoms with Crippen LogP contribution in [0.2, 0.25) is 0 Å². The molecule has 2 heterocycles. The maximum atomic E-state index is 12.2. The van der Waals surface area contributed by atoms with E-state index in [1.165, 1.54) is 16.9 Å². The molecule has 2 aromatic heterocycles. The molecule has 0 saturated carbocycles. The Labute approximate surface area is 109 Å². The molecule has 7 heteroatoms. The van der Waals surface area contributed by atoms with Gasteiger partial charge in [0.1, 0.15) is 0 Å². The number of aliphatic hydroxyl groups is 2. The highest BCUT2D eigenvalue weighted by Gasteiger charge is 2.29. The Morgan fingerprint density at radius 3 is 2.79 bits per heavy atom. The first kappa shape index (κ1) is 13.4. The van der Waals surface area contributed by atoms with Crippen LogP contribution in [0.3, 0.4) is 0 Å². The van der Waals surface area contributed by atoms with E-state index >= 15 is 0 Å². The van der Waals surface area contributed by atoms with E-state index in [1.807, 2.05) is 0 Å². The monoisotopic (exact) mass is 264 g/mol. The van der Waals surface area contributed by atoms with Gasteiger partial charge >= 0.3 is 0 Å². The van der Waals surface area contributed by atoms with Gasteiger partial charge in [-0.2, -0.15) is 5.10 Å². The molecule has 0 atom stereocenters. The average molecular weight is 264 g/mol. The maximum absolute atomic E-state index is 12.2. The van der Waals surface area contributed by atoms with Gasteiger partial charge in [-0.1, -0.05) is 6.92 Å². The highest BCUT2D eigenvalue weighted by atomic mass is 16.3. The molecule has 0 aromatic carbocycles. The third kappa shape index (κ3) is 2.42. The van der Waals surface area contributed by atoms with E-state index in [9.17, 15) is 15.0 Å². The van der Waals surface area contributed by atoms with E-state index in [2.05, 4.69) is 15.4 Å². The second-order valence-electron chi connectivity index (χ2n) is 4.37. The quantitative estimate of drug-likeness (QED) is 0.682. The molecule has 2 aromatic rings. The molecule has 0 saturated heterocycles. The summed E-state index contributed by atoms with van der Waals surface area (Å²) in [6.45, 7) is 1.12. The van der Waals surface area contributed by atoms with Crippen molar-refractivity contribution >= 4 is 11.4 Å². The van der Waals surface area contributed by atoms with Crippen LogP contribution in [-0.4, -0.2) is 49.5 Å². The van der Waals surface area contributed by atoms with Crippen LogP contribution >= 0.6 is 0 Å². The SMILES string of the molecule is CCC(CO)(CO)NC(=O)c1cnn2ccncc12. The standard InChI is InChI=1S/C12H16N4O3/c1-2-12(7-17,8-18)15-11(19)9-5-14-16-4-3-13-6-10(9)16/h3-6,17-18H,2,7-8H2,1H3,(H,15,19). The van der Waals surface area contributed by atoms with Crippen molar-refractivity contribution in [3.8, 4) is 0 Å². The van der Waals surface area contributed by atoms with E-state index in [-0.39, 0.29) is 13.2 Å². The van der Waals surface area contributed by atoms with Crippen molar-refractivity contribution < 1.29 is 15.0 Å². The minimum absolute atomic E-state index is 0.330. The van der Waals surface area contributed by atoms with E-state index in [0.29, 0.717) is 17.5 Å². The van der Waals surface area contributed by atoms with Gasteiger partial charge in [0.05, 0.1) is 42.2 Å². The summed E-state index contributed by atoms with van der Waals surface area (Å²) in [4.78, 5) is 16.1. The van der Waals surface area contributed by atoms with Gasteiger partial charge in [-0.05, 0) is 6.42 Å². The molecule has 0 aliphatic heterocycles. The third-order valence-electron chi connectivity index (χ3n) is 3.23. The maximum Gasteiger partial charge on any atom is 0.255 e. The molecule has 0 unspecified atom stereocenters. The Balaban J connectivity index is 2.29. The zero-order chi connectivity index (χ0) is 13.9. The molecular weight excluding hydrogens is 248 g/mol. The lowest BCUT2D eigenvalue weighted by Gasteiger charge is -2.29. The van der Waals surface area contributed by atoms with Crippen LogP contribution in [-0.2, 0) is 0 Å². The lowest BCUT2D eigenvalue weighted by molar-refractivity contribution is 0.0654. The highest BCUT2D eigenvalue weighted by molar-refractivity contribution is 6.00. The summed E-state index contributed by atoms with van der Waals surface area (Å²) in [7, 11) is 0. The van der Waals surface area contributed by atoms with Crippen molar-refractivity contribution in [3.63, 3.8) is 0 Å². The van der Waals surface area contributed by atoms with Crippen molar-refractivity contribution in [2.45, 2.75) is 18.9 Å². The van der Waals surface area contributed by atoms with Crippen LogP contribution in [0.5, 0.6) is 0 Å². The number of nitrogens with zero attached hydrogens (tertiary/aromatic N) is 3. The summed E-state index contributed by atoms with van der Waals surface area (Å²) in [5.41, 5.74) is -0.0956. The van der Waals surface area contributed by atoms with Gasteiger partial charge in [0.25, 0.3) is 5.91 Å². The predicted octanol–water partition coefficient (Wildman–Crippen LogP) is -0.408. The summed E-state index contributed by atoms with van der Waals surface area (Å²) >= 11 is 0. The Morgan fingerprint density at radius 2 is 2.16 bits per heavy atom. The number of amides is 1. The summed E-state index contributed by atoms with van der Waals surface area (Å²) in [5, 5.41) is 25.3. The normalized spacial score (nSPS) is 11.7. The smallest absolute Gasteiger partial charge is 0.255 e. The summed E-state index contributed by atoms with van der Waals surface area (Å²) < 4.78 is 1.54. The second-order valence-corrected chi connectivity index (χ2v) is 4.37. The van der Waals surface area contributed by atoms with Crippen molar-refractivity contribution in [1.29, 1.82) is 0 Å². The van der Waals surface area contributed by atoms with Gasteiger partial charge in [-0.15, -0.1) is 0 Å². The van der Waals surface area contributed by atoms with Crippen LogP contribution in [0.15, 0.2) is 24.8 Å². The van der Waals surface area contributed by atoms with Crippen molar-refractivity contribution in [2.75, 3.05) is 13.2 Å². The van der Waals surface area contributed by atoms with Crippen LogP contribution in [0.4, 0.5) is 0 Å². The van der Waals surface area contributed by atoms with Gasteiger partial charge < -0.3 is 15.5 Å². The molecule has 19 heavy (non-hydrogen) atoms. The second kappa shape index (κ2) is 5.33. The van der Waals surface area contributed by atoms with E-state index in [0.717, 1.165) is 0 Å². The van der Waals surface area contributed by atoms with Gasteiger partial charge in [-0.25, -0.2) is 4.52 Å². The van der Waals surface area contributed by atoms with Crippen LogP contribution in [0, 0.1) is 0 Å². The van der Waals surface area contributed by atoms with Gasteiger partial charge in [-0.3, -0.25) is 9.78 Å². The zero-order valence-corrected chi connectivity index (χ0v) is 10.6. The molecule has 0 fully saturated rings. The molecule has 3 N–H and O–H groups in total. The molecule has 0 aliphatic rings. The highest BCUT2D eigenvalue weighted by Crippen LogP contribution is 2.13. The molecule has 1 amide bonds. The number of carbonyl (C=O) groups excluding carboxylic acids is 1. The van der Waals surface area contributed by atoms with Gasteiger partial charge in [0.15, 0.2) is 0 Å². The first-order valence-corrected chi connectivity index (χ1v) is 5.97. The number of fused-ring (bicyclic) bond motifs is 1. The topological polar surface area (TPSA) is 99.8 Å². The Morgan fingerprint density at radius 1 is 1.42 bits per heavy atom. The number of hydrogen-bond donors (Lipinski definition) is 3. The zero-order valence-electron chi connectivity index (χ0n) is 10.6. The number of rotatable bonds is 5. The van der Waals surface area contributed by atoms with Gasteiger partial charge in [0, 0.05) is 12.4 Å². The fraction of sp³-hybridized carbons (Fsp3) is 0.417.